The second kappa shape index (κ2) is 4.77. The second-order valence-corrected chi connectivity index (χ2v) is 4.50. The maximum Gasteiger partial charge on any atom is 0.290 e. The van der Waals surface area contributed by atoms with Crippen LogP contribution in [0.25, 0.3) is 0 Å². The molecule has 0 spiro atoms. The monoisotopic (exact) mass is 268 g/mol. The van der Waals surface area contributed by atoms with Gasteiger partial charge in [-0.2, -0.15) is 5.10 Å². The Morgan fingerprint density at radius 1 is 1.44 bits per heavy atom. The molecule has 0 amide bonds. The first-order valence-electron chi connectivity index (χ1n) is 5.40. The van der Waals surface area contributed by atoms with Gasteiger partial charge in [0, 0.05) is 19.2 Å². The smallest absolute Gasteiger partial charge is 0.290 e. The third-order valence-corrected chi connectivity index (χ3v) is 2.52. The van der Waals surface area contributed by atoms with Gasteiger partial charge in [0.05, 0.1) is 6.20 Å². The van der Waals surface area contributed by atoms with Crippen molar-refractivity contribution in [2.45, 2.75) is 19.9 Å². The molecule has 7 nitrogen and oxygen atoms in total. The average molecular weight is 269 g/mol. The Morgan fingerprint density at radius 3 is 2.78 bits per heavy atom. The van der Waals surface area contributed by atoms with Crippen LogP contribution in [0.1, 0.15) is 19.9 Å². The van der Waals surface area contributed by atoms with Crippen LogP contribution in [0.15, 0.2) is 17.1 Å². The van der Waals surface area contributed by atoms with Gasteiger partial charge in [-0.15, -0.1) is 5.10 Å². The van der Waals surface area contributed by atoms with Gasteiger partial charge in [0.1, 0.15) is 5.69 Å². The molecule has 0 saturated heterocycles. The molecule has 1 N–H and O–H groups in total. The Labute approximate surface area is 108 Å². The summed E-state index contributed by atoms with van der Waals surface area (Å²) < 4.78 is 2.85. The lowest BCUT2D eigenvalue weighted by molar-refractivity contribution is 0.514. The fourth-order valence-corrected chi connectivity index (χ4v) is 1.61. The van der Waals surface area contributed by atoms with E-state index in [-0.39, 0.29) is 16.8 Å². The van der Waals surface area contributed by atoms with Gasteiger partial charge in [0.25, 0.3) is 5.56 Å². The molecule has 0 atom stereocenters. The molecule has 0 saturated carbocycles. The summed E-state index contributed by atoms with van der Waals surface area (Å²) in [5, 5.41) is 14.8. The molecule has 0 aliphatic rings. The zero-order valence-electron chi connectivity index (χ0n) is 10.3. The first kappa shape index (κ1) is 12.6. The van der Waals surface area contributed by atoms with E-state index >= 15 is 0 Å². The van der Waals surface area contributed by atoms with Crippen molar-refractivity contribution in [2.24, 2.45) is 7.05 Å². The predicted octanol–water partition coefficient (Wildman–Crippen LogP) is 1.35. The van der Waals surface area contributed by atoms with E-state index in [0.29, 0.717) is 11.5 Å². The lowest BCUT2D eigenvalue weighted by Gasteiger charge is -2.04. The van der Waals surface area contributed by atoms with Crippen molar-refractivity contribution in [1.29, 1.82) is 0 Å². The average Bonchev–Trinajstić information content (AvgIpc) is 2.74. The van der Waals surface area contributed by atoms with E-state index in [1.54, 1.807) is 10.9 Å². The molecular formula is C10H13ClN6O. The molecule has 0 fully saturated rings. The van der Waals surface area contributed by atoms with Gasteiger partial charge >= 0.3 is 0 Å². The van der Waals surface area contributed by atoms with Gasteiger partial charge in [0.2, 0.25) is 0 Å². The molecule has 0 aliphatic heterocycles. The first-order valence-corrected chi connectivity index (χ1v) is 5.78. The van der Waals surface area contributed by atoms with Crippen molar-refractivity contribution in [3.63, 3.8) is 0 Å². The molecule has 0 bridgehead atoms. The lowest BCUT2D eigenvalue weighted by Crippen LogP contribution is -2.22. The number of aryl methyl sites for hydroxylation is 1. The van der Waals surface area contributed by atoms with Crippen molar-refractivity contribution in [2.75, 3.05) is 5.32 Å². The summed E-state index contributed by atoms with van der Waals surface area (Å²) in [5.41, 5.74) is 0.0341. The highest BCUT2D eigenvalue weighted by molar-refractivity contribution is 6.29. The molecule has 0 unspecified atom stereocenters. The Balaban J connectivity index is 2.31. The fourth-order valence-electron chi connectivity index (χ4n) is 1.39. The standard InChI is InChI=1S/C10H13ClN6O/c1-6(2)17-5-9(13-15-17)12-7-4-8(11)14-16(3)10(7)18/h4-6,12H,1-3H3. The van der Waals surface area contributed by atoms with Crippen molar-refractivity contribution < 1.29 is 0 Å². The molecule has 0 radical (unpaired) electrons. The highest BCUT2D eigenvalue weighted by Crippen LogP contribution is 2.13. The van der Waals surface area contributed by atoms with Crippen LogP contribution in [-0.4, -0.2) is 24.8 Å². The van der Waals surface area contributed by atoms with Gasteiger partial charge in [-0.05, 0) is 13.8 Å². The largest absolute Gasteiger partial charge is 0.333 e. The first-order chi connectivity index (χ1) is 8.47. The minimum Gasteiger partial charge on any atom is -0.333 e. The molecule has 18 heavy (non-hydrogen) atoms. The number of anilines is 2. The van der Waals surface area contributed by atoms with E-state index in [4.69, 9.17) is 11.6 Å². The molecule has 2 rings (SSSR count). The van der Waals surface area contributed by atoms with Crippen LogP contribution >= 0.6 is 11.6 Å². The van der Waals surface area contributed by atoms with E-state index in [9.17, 15) is 4.79 Å². The molecule has 96 valence electrons. The van der Waals surface area contributed by atoms with Crippen LogP contribution in [0.4, 0.5) is 11.5 Å². The quantitative estimate of drug-likeness (QED) is 0.909. The number of hydrogen-bond donors (Lipinski definition) is 1. The molecule has 8 heteroatoms. The normalized spacial score (nSPS) is 10.9. The van der Waals surface area contributed by atoms with Crippen molar-refractivity contribution >= 4 is 23.1 Å². The van der Waals surface area contributed by atoms with Crippen molar-refractivity contribution in [3.8, 4) is 0 Å². The predicted molar refractivity (Wildman–Crippen MR) is 68.2 cm³/mol. The zero-order valence-corrected chi connectivity index (χ0v) is 11.0. The van der Waals surface area contributed by atoms with Crippen molar-refractivity contribution in [1.82, 2.24) is 24.8 Å². The van der Waals surface area contributed by atoms with Crippen LogP contribution in [0.2, 0.25) is 5.15 Å². The summed E-state index contributed by atoms with van der Waals surface area (Å²) in [4.78, 5) is 11.8. The lowest BCUT2D eigenvalue weighted by atomic mass is 10.4. The summed E-state index contributed by atoms with van der Waals surface area (Å²) in [7, 11) is 1.53. The SMILES string of the molecule is CC(C)n1cc(Nc2cc(Cl)nn(C)c2=O)nn1. The van der Waals surface area contributed by atoms with Gasteiger partial charge in [0.15, 0.2) is 11.0 Å². The molecular weight excluding hydrogens is 256 g/mol. The third-order valence-electron chi connectivity index (χ3n) is 2.34. The highest BCUT2D eigenvalue weighted by Gasteiger charge is 2.08. The van der Waals surface area contributed by atoms with Gasteiger partial charge in [-0.3, -0.25) is 4.79 Å². The fraction of sp³-hybridized carbons (Fsp3) is 0.400. The Hall–Kier alpha value is -1.89. The maximum absolute atomic E-state index is 11.8. The number of rotatable bonds is 3. The van der Waals surface area contributed by atoms with E-state index in [2.05, 4.69) is 20.7 Å². The van der Waals surface area contributed by atoms with E-state index in [1.807, 2.05) is 13.8 Å². The minimum atomic E-state index is -0.279. The summed E-state index contributed by atoms with van der Waals surface area (Å²) in [6.07, 6.45) is 1.72. The van der Waals surface area contributed by atoms with Gasteiger partial charge in [-0.25, -0.2) is 9.36 Å². The molecule has 2 heterocycles. The van der Waals surface area contributed by atoms with Crippen LogP contribution in [0, 0.1) is 0 Å². The third kappa shape index (κ3) is 2.51. The van der Waals surface area contributed by atoms with Gasteiger partial charge < -0.3 is 5.32 Å². The summed E-state index contributed by atoms with van der Waals surface area (Å²) in [6, 6.07) is 1.66. The van der Waals surface area contributed by atoms with Crippen LogP contribution < -0.4 is 10.9 Å². The Kier molecular flexibility index (Phi) is 3.33. The van der Waals surface area contributed by atoms with Crippen LogP contribution in [-0.2, 0) is 7.05 Å². The maximum atomic E-state index is 11.8. The van der Waals surface area contributed by atoms with Gasteiger partial charge in [-0.1, -0.05) is 16.8 Å². The Bertz CT molecular complexity index is 617. The summed E-state index contributed by atoms with van der Waals surface area (Å²) >= 11 is 5.79. The number of halogens is 1. The van der Waals surface area contributed by atoms with E-state index in [0.717, 1.165) is 4.68 Å². The number of aromatic nitrogens is 5. The minimum absolute atomic E-state index is 0.205. The van der Waals surface area contributed by atoms with E-state index < -0.39 is 0 Å². The second-order valence-electron chi connectivity index (χ2n) is 4.11. The molecule has 0 aromatic carbocycles. The zero-order chi connectivity index (χ0) is 13.3. The summed E-state index contributed by atoms with van der Waals surface area (Å²) in [5.74, 6) is 0.489. The topological polar surface area (TPSA) is 77.6 Å². The number of nitrogens with one attached hydrogen (secondary N) is 1. The van der Waals surface area contributed by atoms with Crippen molar-refractivity contribution in [3.05, 3.63) is 27.8 Å². The molecule has 2 aromatic rings. The Morgan fingerprint density at radius 2 is 2.17 bits per heavy atom. The van der Waals surface area contributed by atoms with E-state index in [1.165, 1.54) is 13.1 Å². The number of nitrogens with zero attached hydrogens (tertiary/aromatic N) is 5. The van der Waals surface area contributed by atoms with Crippen LogP contribution in [0.5, 0.6) is 0 Å². The molecule has 0 aliphatic carbocycles. The highest BCUT2D eigenvalue weighted by atomic mass is 35.5. The number of hydrogen-bond acceptors (Lipinski definition) is 5. The molecule has 2 aromatic heterocycles. The van der Waals surface area contributed by atoms with Crippen LogP contribution in [0.3, 0.4) is 0 Å². The summed E-state index contributed by atoms with van der Waals surface area (Å²) in [6.45, 7) is 3.97.